The van der Waals surface area contributed by atoms with Gasteiger partial charge in [-0.3, -0.25) is 4.79 Å². The van der Waals surface area contributed by atoms with E-state index in [9.17, 15) is 18.0 Å². The van der Waals surface area contributed by atoms with E-state index in [1.807, 2.05) is 0 Å². The van der Waals surface area contributed by atoms with E-state index >= 15 is 0 Å². The standard InChI is InChI=1S/C15H11Cl2F3N2O/c1-8(9-3-2-4-11(5-9)15(18,19)20)22-14(23)10-6-12(16)13(17)21-7-10/h2-8H,1H3,(H,22,23). The highest BCUT2D eigenvalue weighted by Gasteiger charge is 2.30. The molecule has 1 atom stereocenters. The van der Waals surface area contributed by atoms with Crippen molar-refractivity contribution >= 4 is 29.1 Å². The van der Waals surface area contributed by atoms with Crippen LogP contribution in [0.2, 0.25) is 10.2 Å². The molecule has 1 heterocycles. The van der Waals surface area contributed by atoms with E-state index in [0.29, 0.717) is 5.56 Å². The van der Waals surface area contributed by atoms with Gasteiger partial charge in [-0.2, -0.15) is 13.2 Å². The van der Waals surface area contributed by atoms with Crippen molar-refractivity contribution in [1.29, 1.82) is 0 Å². The van der Waals surface area contributed by atoms with Gasteiger partial charge < -0.3 is 5.32 Å². The van der Waals surface area contributed by atoms with Gasteiger partial charge >= 0.3 is 6.18 Å². The molecular formula is C15H11Cl2F3N2O. The Morgan fingerprint density at radius 3 is 2.57 bits per heavy atom. The van der Waals surface area contributed by atoms with E-state index in [-0.39, 0.29) is 15.7 Å². The molecular weight excluding hydrogens is 352 g/mol. The minimum Gasteiger partial charge on any atom is -0.345 e. The first-order chi connectivity index (χ1) is 10.7. The van der Waals surface area contributed by atoms with Crippen molar-refractivity contribution < 1.29 is 18.0 Å². The molecule has 0 aliphatic carbocycles. The minimum atomic E-state index is -4.44. The maximum absolute atomic E-state index is 12.7. The fraction of sp³-hybridized carbons (Fsp3) is 0.200. The second kappa shape index (κ2) is 6.76. The molecule has 2 rings (SSSR count). The molecule has 1 aromatic heterocycles. The lowest BCUT2D eigenvalue weighted by Crippen LogP contribution is -2.27. The number of benzene rings is 1. The number of amides is 1. The van der Waals surface area contributed by atoms with Gasteiger partial charge in [-0.15, -0.1) is 0 Å². The van der Waals surface area contributed by atoms with Gasteiger partial charge in [0, 0.05) is 6.20 Å². The number of hydrogen-bond donors (Lipinski definition) is 1. The summed E-state index contributed by atoms with van der Waals surface area (Å²) in [5.74, 6) is -0.513. The van der Waals surface area contributed by atoms with Gasteiger partial charge in [-0.1, -0.05) is 35.3 Å². The van der Waals surface area contributed by atoms with Crippen LogP contribution < -0.4 is 5.32 Å². The van der Waals surface area contributed by atoms with Crippen molar-refractivity contribution in [1.82, 2.24) is 10.3 Å². The van der Waals surface area contributed by atoms with Crippen molar-refractivity contribution in [2.45, 2.75) is 19.1 Å². The normalized spacial score (nSPS) is 12.8. The average Bonchev–Trinajstić information content (AvgIpc) is 2.49. The van der Waals surface area contributed by atoms with Crippen molar-refractivity contribution in [2.24, 2.45) is 0 Å². The Bertz CT molecular complexity index is 735. The molecule has 1 unspecified atom stereocenters. The number of carbonyl (C=O) groups is 1. The third-order valence-electron chi connectivity index (χ3n) is 3.12. The first-order valence-corrected chi connectivity index (χ1v) is 7.23. The molecule has 0 aliphatic rings. The van der Waals surface area contributed by atoms with Gasteiger partial charge in [-0.25, -0.2) is 4.98 Å². The average molecular weight is 363 g/mol. The quantitative estimate of drug-likeness (QED) is 0.789. The SMILES string of the molecule is CC(NC(=O)c1cnc(Cl)c(Cl)c1)c1cccc(C(F)(F)F)c1. The number of pyridine rings is 1. The predicted molar refractivity (Wildman–Crippen MR) is 81.6 cm³/mol. The van der Waals surface area contributed by atoms with E-state index < -0.39 is 23.7 Å². The van der Waals surface area contributed by atoms with Crippen LogP contribution in [0.3, 0.4) is 0 Å². The monoisotopic (exact) mass is 362 g/mol. The van der Waals surface area contributed by atoms with Gasteiger partial charge in [0.25, 0.3) is 5.91 Å². The number of rotatable bonds is 3. The molecule has 0 aliphatic heterocycles. The molecule has 0 fully saturated rings. The van der Waals surface area contributed by atoms with E-state index in [4.69, 9.17) is 23.2 Å². The molecule has 0 radical (unpaired) electrons. The van der Waals surface area contributed by atoms with E-state index in [1.54, 1.807) is 6.92 Å². The molecule has 3 nitrogen and oxygen atoms in total. The van der Waals surface area contributed by atoms with Crippen LogP contribution >= 0.6 is 23.2 Å². The number of nitrogens with zero attached hydrogens (tertiary/aromatic N) is 1. The summed E-state index contributed by atoms with van der Waals surface area (Å²) in [5.41, 5.74) is -0.272. The summed E-state index contributed by atoms with van der Waals surface area (Å²) in [7, 11) is 0. The molecule has 1 amide bonds. The highest BCUT2D eigenvalue weighted by Crippen LogP contribution is 2.30. The number of hydrogen-bond acceptors (Lipinski definition) is 2. The number of aromatic nitrogens is 1. The summed E-state index contributed by atoms with van der Waals surface area (Å²) in [6.07, 6.45) is -3.20. The molecule has 8 heteroatoms. The summed E-state index contributed by atoms with van der Waals surface area (Å²) < 4.78 is 38.2. The first-order valence-electron chi connectivity index (χ1n) is 6.47. The van der Waals surface area contributed by atoms with E-state index in [1.165, 1.54) is 24.4 Å². The van der Waals surface area contributed by atoms with Crippen LogP contribution in [-0.4, -0.2) is 10.9 Å². The molecule has 0 spiro atoms. The lowest BCUT2D eigenvalue weighted by molar-refractivity contribution is -0.137. The number of nitrogens with one attached hydrogen (secondary N) is 1. The predicted octanol–water partition coefficient (Wildman–Crippen LogP) is 4.90. The largest absolute Gasteiger partial charge is 0.416 e. The molecule has 23 heavy (non-hydrogen) atoms. The lowest BCUT2D eigenvalue weighted by atomic mass is 10.0. The first kappa shape index (κ1) is 17.6. The summed E-state index contributed by atoms with van der Waals surface area (Å²) in [4.78, 5) is 15.8. The van der Waals surface area contributed by atoms with Gasteiger partial charge in [0.15, 0.2) is 0 Å². The topological polar surface area (TPSA) is 42.0 Å². The third-order valence-corrected chi connectivity index (χ3v) is 3.81. The highest BCUT2D eigenvalue weighted by atomic mass is 35.5. The highest BCUT2D eigenvalue weighted by molar-refractivity contribution is 6.41. The zero-order chi connectivity index (χ0) is 17.2. The van der Waals surface area contributed by atoms with Gasteiger partial charge in [0.05, 0.1) is 22.2 Å². The van der Waals surface area contributed by atoms with Crippen LogP contribution in [0.5, 0.6) is 0 Å². The summed E-state index contributed by atoms with van der Waals surface area (Å²) in [6, 6.07) is 5.48. The molecule has 1 aromatic carbocycles. The molecule has 1 N–H and O–H groups in total. The number of alkyl halides is 3. The van der Waals surface area contributed by atoms with Gasteiger partial charge in [-0.05, 0) is 30.7 Å². The number of halogens is 5. The summed E-state index contributed by atoms with van der Waals surface area (Å²) in [6.45, 7) is 1.58. The molecule has 0 saturated carbocycles. The van der Waals surface area contributed by atoms with Crippen molar-refractivity contribution in [3.8, 4) is 0 Å². The second-order valence-corrected chi connectivity index (χ2v) is 5.58. The van der Waals surface area contributed by atoms with Crippen molar-refractivity contribution in [2.75, 3.05) is 0 Å². The maximum Gasteiger partial charge on any atom is 0.416 e. The molecule has 0 saturated heterocycles. The Kier molecular flexibility index (Phi) is 5.16. The van der Waals surface area contributed by atoms with Crippen LogP contribution in [0, 0.1) is 0 Å². The fourth-order valence-corrected chi connectivity index (χ4v) is 2.16. The smallest absolute Gasteiger partial charge is 0.345 e. The Hall–Kier alpha value is -1.79. The van der Waals surface area contributed by atoms with E-state index in [0.717, 1.165) is 12.1 Å². The third kappa shape index (κ3) is 4.36. The van der Waals surface area contributed by atoms with Crippen molar-refractivity contribution in [3.05, 3.63) is 63.4 Å². The zero-order valence-electron chi connectivity index (χ0n) is 11.8. The summed E-state index contributed by atoms with van der Waals surface area (Å²) in [5, 5.41) is 2.77. The molecule has 122 valence electrons. The maximum atomic E-state index is 12.7. The van der Waals surface area contributed by atoms with Gasteiger partial charge in [0.2, 0.25) is 0 Å². The lowest BCUT2D eigenvalue weighted by Gasteiger charge is -2.16. The van der Waals surface area contributed by atoms with Gasteiger partial charge in [0.1, 0.15) is 5.15 Å². The Balaban J connectivity index is 2.16. The molecule has 2 aromatic rings. The van der Waals surface area contributed by atoms with Crippen LogP contribution in [0.25, 0.3) is 0 Å². The zero-order valence-corrected chi connectivity index (χ0v) is 13.3. The Morgan fingerprint density at radius 1 is 1.26 bits per heavy atom. The second-order valence-electron chi connectivity index (χ2n) is 4.81. The van der Waals surface area contributed by atoms with E-state index in [2.05, 4.69) is 10.3 Å². The minimum absolute atomic E-state index is 0.0640. The van der Waals surface area contributed by atoms with Crippen LogP contribution in [-0.2, 0) is 6.18 Å². The number of carbonyl (C=O) groups excluding carboxylic acids is 1. The van der Waals surface area contributed by atoms with Crippen molar-refractivity contribution in [3.63, 3.8) is 0 Å². The Labute approximate surface area is 140 Å². The Morgan fingerprint density at radius 2 is 1.96 bits per heavy atom. The van der Waals surface area contributed by atoms with Crippen LogP contribution in [0.15, 0.2) is 36.5 Å². The summed E-state index contributed by atoms with van der Waals surface area (Å²) >= 11 is 11.4. The van der Waals surface area contributed by atoms with Crippen LogP contribution in [0.1, 0.15) is 34.5 Å². The van der Waals surface area contributed by atoms with Crippen LogP contribution in [0.4, 0.5) is 13.2 Å². The fourth-order valence-electron chi connectivity index (χ4n) is 1.89. The molecule has 0 bridgehead atoms.